The molecule has 3 heteroatoms. The number of aryl methyl sites for hydroxylation is 1. The molecule has 0 aromatic heterocycles. The fourth-order valence-electron chi connectivity index (χ4n) is 1.83. The van der Waals surface area contributed by atoms with Crippen LogP contribution in [0.1, 0.15) is 30.5 Å². The quantitative estimate of drug-likeness (QED) is 0.784. The van der Waals surface area contributed by atoms with Gasteiger partial charge in [0.05, 0.1) is 0 Å². The van der Waals surface area contributed by atoms with Crippen LogP contribution in [0.3, 0.4) is 0 Å². The van der Waals surface area contributed by atoms with Crippen molar-refractivity contribution in [1.29, 1.82) is 0 Å². The molecule has 96 valence electrons. The van der Waals surface area contributed by atoms with Crippen LogP contribution < -0.4 is 5.32 Å². The Morgan fingerprint density at radius 2 is 2.06 bits per heavy atom. The molecule has 0 fully saturated rings. The smallest absolute Gasteiger partial charge is 0.0441 e. The Hall–Kier alpha value is -0.510. The van der Waals surface area contributed by atoms with Gasteiger partial charge >= 0.3 is 0 Å². The fraction of sp³-hybridized carbons (Fsp3) is 0.571. The molecule has 2 N–H and O–H groups in total. The lowest BCUT2D eigenvalue weighted by Gasteiger charge is -2.20. The van der Waals surface area contributed by atoms with Crippen LogP contribution in [0.25, 0.3) is 0 Å². The monoisotopic (exact) mass is 253 g/mol. The highest BCUT2D eigenvalue weighted by atomic mass is 32.2. The van der Waals surface area contributed by atoms with Crippen LogP contribution in [0, 0.1) is 6.92 Å². The summed E-state index contributed by atoms with van der Waals surface area (Å²) in [6.45, 7) is 4.61. The average Bonchev–Trinajstić information content (AvgIpc) is 2.32. The van der Waals surface area contributed by atoms with E-state index in [9.17, 15) is 0 Å². The maximum Gasteiger partial charge on any atom is 0.0441 e. The number of hydrogen-bond acceptors (Lipinski definition) is 3. The standard InChI is InChI=1S/C14H23NOS/c1-11-6-4-5-7-13(11)14(15-3)10-17-12(2)8-9-16/h4-7,12,14-16H,8-10H2,1-3H3. The van der Waals surface area contributed by atoms with Gasteiger partial charge in [0.1, 0.15) is 0 Å². The number of rotatable bonds is 7. The third-order valence-electron chi connectivity index (χ3n) is 3.00. The SMILES string of the molecule is CNC(CSC(C)CCO)c1ccccc1C. The van der Waals surface area contributed by atoms with E-state index in [1.807, 2.05) is 18.8 Å². The van der Waals surface area contributed by atoms with Crippen molar-refractivity contribution in [2.75, 3.05) is 19.4 Å². The number of aliphatic hydroxyl groups excluding tert-OH is 1. The summed E-state index contributed by atoms with van der Waals surface area (Å²) in [4.78, 5) is 0. The molecular weight excluding hydrogens is 230 g/mol. The van der Waals surface area contributed by atoms with Crippen LogP contribution in [0.5, 0.6) is 0 Å². The number of benzene rings is 1. The van der Waals surface area contributed by atoms with Crippen LogP contribution in [-0.2, 0) is 0 Å². The van der Waals surface area contributed by atoms with Crippen molar-refractivity contribution in [1.82, 2.24) is 5.32 Å². The Balaban J connectivity index is 2.57. The summed E-state index contributed by atoms with van der Waals surface area (Å²) in [6, 6.07) is 8.90. The van der Waals surface area contributed by atoms with Gasteiger partial charge in [-0.1, -0.05) is 31.2 Å². The molecule has 0 aliphatic rings. The van der Waals surface area contributed by atoms with Gasteiger partial charge in [0, 0.05) is 23.7 Å². The van der Waals surface area contributed by atoms with E-state index in [2.05, 4.69) is 43.4 Å². The van der Waals surface area contributed by atoms with E-state index in [4.69, 9.17) is 5.11 Å². The predicted molar refractivity (Wildman–Crippen MR) is 76.6 cm³/mol. The molecule has 1 aromatic carbocycles. The molecule has 2 atom stereocenters. The highest BCUT2D eigenvalue weighted by Crippen LogP contribution is 2.24. The molecule has 17 heavy (non-hydrogen) atoms. The summed E-state index contributed by atoms with van der Waals surface area (Å²) in [5.41, 5.74) is 2.71. The van der Waals surface area contributed by atoms with Gasteiger partial charge in [0.25, 0.3) is 0 Å². The third-order valence-corrected chi connectivity index (χ3v) is 4.33. The second-order valence-corrected chi connectivity index (χ2v) is 5.83. The summed E-state index contributed by atoms with van der Waals surface area (Å²) in [7, 11) is 2.01. The summed E-state index contributed by atoms with van der Waals surface area (Å²) >= 11 is 1.91. The zero-order valence-electron chi connectivity index (χ0n) is 10.9. The van der Waals surface area contributed by atoms with Gasteiger partial charge in [-0.15, -0.1) is 0 Å². The molecule has 0 spiro atoms. The van der Waals surface area contributed by atoms with Crippen molar-refractivity contribution in [3.05, 3.63) is 35.4 Å². The van der Waals surface area contributed by atoms with Crippen molar-refractivity contribution in [2.24, 2.45) is 0 Å². The summed E-state index contributed by atoms with van der Waals surface area (Å²) in [6.07, 6.45) is 0.870. The predicted octanol–water partition coefficient (Wildman–Crippen LogP) is 2.76. The Morgan fingerprint density at radius 3 is 2.65 bits per heavy atom. The summed E-state index contributed by atoms with van der Waals surface area (Å²) in [5.74, 6) is 1.04. The van der Waals surface area contributed by atoms with Crippen molar-refractivity contribution in [3.8, 4) is 0 Å². The molecule has 1 aromatic rings. The molecule has 0 saturated carbocycles. The summed E-state index contributed by atoms with van der Waals surface area (Å²) in [5, 5.41) is 12.8. The topological polar surface area (TPSA) is 32.3 Å². The van der Waals surface area contributed by atoms with E-state index < -0.39 is 0 Å². The fourth-order valence-corrected chi connectivity index (χ4v) is 2.97. The number of nitrogens with one attached hydrogen (secondary N) is 1. The van der Waals surface area contributed by atoms with Crippen LogP contribution in [0.2, 0.25) is 0 Å². The molecule has 0 bridgehead atoms. The van der Waals surface area contributed by atoms with Gasteiger partial charge < -0.3 is 10.4 Å². The maximum absolute atomic E-state index is 8.89. The first-order valence-corrected chi connectivity index (χ1v) is 7.19. The first-order chi connectivity index (χ1) is 8.19. The van der Waals surface area contributed by atoms with E-state index >= 15 is 0 Å². The van der Waals surface area contributed by atoms with Crippen LogP contribution in [-0.4, -0.2) is 29.8 Å². The Labute approximate surface area is 109 Å². The summed E-state index contributed by atoms with van der Waals surface area (Å²) < 4.78 is 0. The number of aliphatic hydroxyl groups is 1. The third kappa shape index (κ3) is 4.70. The molecule has 0 aliphatic carbocycles. The molecular formula is C14H23NOS. The average molecular weight is 253 g/mol. The molecule has 0 amide bonds. The van der Waals surface area contributed by atoms with E-state index in [0.717, 1.165) is 12.2 Å². The lowest BCUT2D eigenvalue weighted by molar-refractivity contribution is 0.289. The molecule has 0 radical (unpaired) electrons. The second-order valence-electron chi connectivity index (χ2n) is 4.35. The molecule has 0 heterocycles. The number of hydrogen-bond donors (Lipinski definition) is 2. The van der Waals surface area contributed by atoms with Crippen molar-refractivity contribution < 1.29 is 5.11 Å². The van der Waals surface area contributed by atoms with Crippen molar-refractivity contribution in [3.63, 3.8) is 0 Å². The van der Waals surface area contributed by atoms with E-state index in [1.165, 1.54) is 11.1 Å². The highest BCUT2D eigenvalue weighted by Gasteiger charge is 2.13. The van der Waals surface area contributed by atoms with Crippen LogP contribution in [0.4, 0.5) is 0 Å². The lowest BCUT2D eigenvalue weighted by Crippen LogP contribution is -2.20. The normalized spacial score (nSPS) is 14.6. The zero-order chi connectivity index (χ0) is 12.7. The van der Waals surface area contributed by atoms with Crippen molar-refractivity contribution >= 4 is 11.8 Å². The van der Waals surface area contributed by atoms with Gasteiger partial charge in [0.15, 0.2) is 0 Å². The Bertz CT molecular complexity index is 330. The zero-order valence-corrected chi connectivity index (χ0v) is 11.8. The first-order valence-electron chi connectivity index (χ1n) is 6.14. The van der Waals surface area contributed by atoms with E-state index in [-0.39, 0.29) is 6.61 Å². The number of thioether (sulfide) groups is 1. The minimum atomic E-state index is 0.281. The van der Waals surface area contributed by atoms with Gasteiger partial charge in [-0.3, -0.25) is 0 Å². The van der Waals surface area contributed by atoms with E-state index in [1.54, 1.807) is 0 Å². The minimum absolute atomic E-state index is 0.281. The van der Waals surface area contributed by atoms with Gasteiger partial charge in [0.2, 0.25) is 0 Å². The van der Waals surface area contributed by atoms with Gasteiger partial charge in [-0.2, -0.15) is 11.8 Å². The van der Waals surface area contributed by atoms with Crippen LogP contribution in [0.15, 0.2) is 24.3 Å². The molecule has 2 unspecified atom stereocenters. The lowest BCUT2D eigenvalue weighted by atomic mass is 10.0. The van der Waals surface area contributed by atoms with Gasteiger partial charge in [-0.25, -0.2) is 0 Å². The highest BCUT2D eigenvalue weighted by molar-refractivity contribution is 7.99. The Kier molecular flexibility index (Phi) is 6.63. The molecule has 0 saturated heterocycles. The van der Waals surface area contributed by atoms with Gasteiger partial charge in [-0.05, 0) is 31.5 Å². The minimum Gasteiger partial charge on any atom is -0.396 e. The Morgan fingerprint density at radius 1 is 1.35 bits per heavy atom. The first kappa shape index (κ1) is 14.6. The largest absolute Gasteiger partial charge is 0.396 e. The molecule has 2 nitrogen and oxygen atoms in total. The van der Waals surface area contributed by atoms with E-state index in [0.29, 0.717) is 11.3 Å². The second kappa shape index (κ2) is 7.75. The maximum atomic E-state index is 8.89. The van der Waals surface area contributed by atoms with Crippen molar-refractivity contribution in [2.45, 2.75) is 31.6 Å². The molecule has 0 aliphatic heterocycles. The van der Waals surface area contributed by atoms with Crippen LogP contribution >= 0.6 is 11.8 Å². The molecule has 1 rings (SSSR count).